The summed E-state index contributed by atoms with van der Waals surface area (Å²) >= 11 is 3.65. The van der Waals surface area contributed by atoms with Crippen LogP contribution in [-0.2, 0) is 15.9 Å². The number of nitrogen functional groups attached to an aromatic ring is 1. The van der Waals surface area contributed by atoms with Gasteiger partial charge >= 0.3 is 0 Å². The van der Waals surface area contributed by atoms with Crippen molar-refractivity contribution in [1.82, 2.24) is 34.9 Å². The van der Waals surface area contributed by atoms with Crippen LogP contribution in [0.2, 0.25) is 0 Å². The fourth-order valence-corrected chi connectivity index (χ4v) is 10.2. The van der Waals surface area contributed by atoms with Gasteiger partial charge in [0.15, 0.2) is 0 Å². The van der Waals surface area contributed by atoms with Crippen molar-refractivity contribution < 1.29 is 27.0 Å². The second-order valence-corrected chi connectivity index (χ2v) is 19.3. The molecule has 0 bridgehead atoms. The van der Waals surface area contributed by atoms with Crippen LogP contribution < -0.4 is 26.2 Å². The van der Waals surface area contributed by atoms with E-state index in [0.29, 0.717) is 143 Å². The molecule has 2 aromatic carbocycles. The van der Waals surface area contributed by atoms with Crippen LogP contribution in [0.25, 0.3) is 55.7 Å². The van der Waals surface area contributed by atoms with Gasteiger partial charge in [-0.05, 0) is 79.4 Å². The van der Waals surface area contributed by atoms with Gasteiger partial charge in [-0.2, -0.15) is 0 Å². The number of halogens is 5. The van der Waals surface area contributed by atoms with Gasteiger partial charge in [0.25, 0.3) is 0 Å². The molecule has 7 aromatic heterocycles. The molecule has 9 heterocycles. The summed E-state index contributed by atoms with van der Waals surface area (Å²) in [6.45, 7) is 7.45. The molecule has 14 nitrogen and oxygen atoms in total. The van der Waals surface area contributed by atoms with Crippen LogP contribution in [0.3, 0.4) is 0 Å². The molecule has 1 unspecified atom stereocenters. The summed E-state index contributed by atoms with van der Waals surface area (Å²) in [7, 11) is 0. The van der Waals surface area contributed by atoms with E-state index in [0.717, 1.165) is 11.9 Å². The summed E-state index contributed by atoms with van der Waals surface area (Å²) < 4.78 is 76.8. The maximum atomic E-state index is 17.3. The number of rotatable bonds is 13. The van der Waals surface area contributed by atoms with E-state index >= 15 is 13.2 Å². The summed E-state index contributed by atoms with van der Waals surface area (Å²) in [6, 6.07) is 19.7. The average molecular weight is 1080 g/mol. The number of fused-ring (bicyclic) bond motifs is 2. The molecule has 2 aliphatic rings. The second kappa shape index (κ2) is 21.2. The Labute approximate surface area is 437 Å². The number of hydrogen-bond donors (Lipinski definition) is 3. The first kappa shape index (κ1) is 49.3. The molecule has 2 saturated heterocycles. The third-order valence-corrected chi connectivity index (χ3v) is 14.3. The summed E-state index contributed by atoms with van der Waals surface area (Å²) in [6.07, 6.45) is 10.5. The topological polar surface area (TPSA) is 165 Å². The van der Waals surface area contributed by atoms with Gasteiger partial charge in [-0.15, -0.1) is 0 Å². The van der Waals surface area contributed by atoms with Crippen LogP contribution >= 0.6 is 15.9 Å². The molecular formula is C56H49BrF4N12O2. The zero-order valence-corrected chi connectivity index (χ0v) is 42.4. The highest BCUT2D eigenvalue weighted by molar-refractivity contribution is 9.10. The first-order chi connectivity index (χ1) is 36.5. The van der Waals surface area contributed by atoms with E-state index < -0.39 is 23.3 Å². The Morgan fingerprint density at radius 1 is 0.693 bits per heavy atom. The molecule has 0 saturated carbocycles. The number of anilines is 7. The molecule has 19 heteroatoms. The predicted molar refractivity (Wildman–Crippen MR) is 288 cm³/mol. The zero-order chi connectivity index (χ0) is 51.7. The highest BCUT2D eigenvalue weighted by atomic mass is 79.9. The van der Waals surface area contributed by atoms with Crippen LogP contribution in [-0.4, -0.2) is 87.0 Å². The maximum Gasteiger partial charge on any atom is 0.140 e. The molecule has 2 fully saturated rings. The second-order valence-electron chi connectivity index (χ2n) is 18.5. The van der Waals surface area contributed by atoms with E-state index in [1.807, 2.05) is 44.2 Å². The molecule has 0 aliphatic carbocycles. The van der Waals surface area contributed by atoms with Gasteiger partial charge in [-0.3, -0.25) is 15.0 Å². The van der Waals surface area contributed by atoms with Crippen molar-refractivity contribution in [2.45, 2.75) is 39.2 Å². The van der Waals surface area contributed by atoms with Gasteiger partial charge in [0.05, 0.1) is 103 Å². The number of nitrogens with zero attached hydrogens (tertiary/aromatic N) is 9. The predicted octanol–water partition coefficient (Wildman–Crippen LogP) is 11.8. The van der Waals surface area contributed by atoms with Crippen LogP contribution in [0.15, 0.2) is 114 Å². The van der Waals surface area contributed by atoms with E-state index in [9.17, 15) is 4.39 Å². The SMILES string of the molecule is Cc1c(-c2ccccn2)nc2cc(F)cc(F)c2c1Nc1cc(N2CCOC(CCCc3c(F)cc4nc(-c5ccccn5)c(C)c(Nc5cc(N6CCOCC6)ncc5Br)c4c3F)C2)ncc1-c1cncc(N)c1. The first-order valence-electron chi connectivity index (χ1n) is 24.5. The number of morpholine rings is 2. The average Bonchev–Trinajstić information content (AvgIpc) is 3.42. The molecule has 1 atom stereocenters. The van der Waals surface area contributed by atoms with Gasteiger partial charge in [-0.1, -0.05) is 12.1 Å². The van der Waals surface area contributed by atoms with Crippen molar-refractivity contribution in [3.05, 3.63) is 154 Å². The molecular weight excluding hydrogens is 1030 g/mol. The number of nitrogens with one attached hydrogen (secondary N) is 2. The van der Waals surface area contributed by atoms with Gasteiger partial charge in [0, 0.05) is 122 Å². The van der Waals surface area contributed by atoms with E-state index in [1.54, 1.807) is 55.2 Å². The molecule has 75 heavy (non-hydrogen) atoms. The molecule has 0 spiro atoms. The lowest BCUT2D eigenvalue weighted by molar-refractivity contribution is 0.0337. The quantitative estimate of drug-likeness (QED) is 0.0934. The number of ether oxygens (including phenoxy) is 2. The minimum atomic E-state index is -0.786. The third kappa shape index (κ3) is 10.1. The smallest absolute Gasteiger partial charge is 0.140 e. The van der Waals surface area contributed by atoms with Gasteiger partial charge in [0.2, 0.25) is 0 Å². The van der Waals surface area contributed by atoms with Crippen molar-refractivity contribution in [3.63, 3.8) is 0 Å². The lowest BCUT2D eigenvalue weighted by Crippen LogP contribution is -2.43. The van der Waals surface area contributed by atoms with E-state index in [2.05, 4.69) is 61.3 Å². The van der Waals surface area contributed by atoms with Crippen LogP contribution in [0, 0.1) is 37.1 Å². The largest absolute Gasteiger partial charge is 0.397 e. The first-order valence-corrected chi connectivity index (χ1v) is 25.3. The highest BCUT2D eigenvalue weighted by Gasteiger charge is 2.27. The van der Waals surface area contributed by atoms with Crippen molar-refractivity contribution >= 4 is 77.8 Å². The molecule has 0 radical (unpaired) electrons. The fraction of sp³-hybridized carbons (Fsp3) is 0.232. The van der Waals surface area contributed by atoms with Crippen LogP contribution in [0.4, 0.5) is 57.6 Å². The Morgan fingerprint density at radius 3 is 2.05 bits per heavy atom. The Bertz CT molecular complexity index is 3610. The Balaban J connectivity index is 0.884. The van der Waals surface area contributed by atoms with Gasteiger partial charge in [-0.25, -0.2) is 37.5 Å². The van der Waals surface area contributed by atoms with E-state index in [4.69, 9.17) is 25.2 Å². The van der Waals surface area contributed by atoms with Gasteiger partial charge in [0.1, 0.15) is 34.9 Å². The lowest BCUT2D eigenvalue weighted by Gasteiger charge is -2.34. The van der Waals surface area contributed by atoms with Crippen molar-refractivity contribution in [2.24, 2.45) is 0 Å². The third-order valence-electron chi connectivity index (χ3n) is 13.6. The Kier molecular flexibility index (Phi) is 13.9. The summed E-state index contributed by atoms with van der Waals surface area (Å²) in [5, 5.41) is 7.25. The van der Waals surface area contributed by atoms with Gasteiger partial charge < -0.3 is 35.6 Å². The molecule has 4 N–H and O–H groups in total. The highest BCUT2D eigenvalue weighted by Crippen LogP contribution is 2.42. The maximum absolute atomic E-state index is 17.3. The van der Waals surface area contributed by atoms with Crippen molar-refractivity contribution in [2.75, 3.05) is 72.2 Å². The monoisotopic (exact) mass is 1080 g/mol. The summed E-state index contributed by atoms with van der Waals surface area (Å²) in [4.78, 5) is 36.6. The van der Waals surface area contributed by atoms with Crippen molar-refractivity contribution in [3.8, 4) is 33.9 Å². The molecule has 2 aliphatic heterocycles. The lowest BCUT2D eigenvalue weighted by atomic mass is 9.98. The number of aromatic nitrogens is 7. The summed E-state index contributed by atoms with van der Waals surface area (Å²) in [5.41, 5.74) is 13.4. The van der Waals surface area contributed by atoms with Crippen LogP contribution in [0.1, 0.15) is 29.5 Å². The molecule has 380 valence electrons. The molecule has 11 rings (SSSR count). The molecule has 9 aromatic rings. The number of pyridine rings is 7. The zero-order valence-electron chi connectivity index (χ0n) is 40.8. The fourth-order valence-electron chi connectivity index (χ4n) is 9.86. The van der Waals surface area contributed by atoms with Crippen molar-refractivity contribution in [1.29, 1.82) is 0 Å². The Morgan fingerprint density at radius 2 is 1.35 bits per heavy atom. The molecule has 0 amide bonds. The van der Waals surface area contributed by atoms with E-state index in [-0.39, 0.29) is 39.9 Å². The van der Waals surface area contributed by atoms with Crippen LogP contribution in [0.5, 0.6) is 0 Å². The number of benzene rings is 2. The summed E-state index contributed by atoms with van der Waals surface area (Å²) in [5.74, 6) is -1.62. The Hall–Kier alpha value is -7.87. The standard InChI is InChI=1S/C56H49BrF4N12O2/c1-31-53(42-10-3-5-12-64-42)70-46-22-34(58)21-41(60)50(46)55(31)68-44-24-49(66-28-38(44)33-20-35(62)27-63-26-33)73-16-19-75-36(30-73)8-7-9-37-40(59)23-47-51(52(37)61)56(32(2)54(71-47)43-11-4-6-13-65-43)69-45-25-48(67-29-39(45)57)72-14-17-74-18-15-72/h3-6,10-13,20-29,36H,7-9,14-19,30,62H2,1-2H3,(H,66,68,70)(H,67,69,71). The normalized spacial score (nSPS) is 14.9. The number of hydrogen-bond acceptors (Lipinski definition) is 14. The minimum absolute atomic E-state index is 0.0545. The number of nitrogens with two attached hydrogens (primary N) is 1. The van der Waals surface area contributed by atoms with E-state index in [1.165, 1.54) is 18.3 Å². The minimum Gasteiger partial charge on any atom is -0.397 e.